The van der Waals surface area contributed by atoms with Crippen molar-refractivity contribution in [1.82, 2.24) is 9.78 Å². The Labute approximate surface area is 77.5 Å². The fourth-order valence-electron chi connectivity index (χ4n) is 0.712. The van der Waals surface area contributed by atoms with Gasteiger partial charge in [-0.15, -0.1) is 0 Å². The van der Waals surface area contributed by atoms with Crippen LogP contribution in [0.5, 0.6) is 0 Å². The van der Waals surface area contributed by atoms with Crippen LogP contribution in [-0.2, 0) is 7.05 Å². The van der Waals surface area contributed by atoms with Crippen LogP contribution in [0, 0.1) is 0 Å². The highest BCUT2D eigenvalue weighted by Crippen LogP contribution is 2.14. The molecule has 0 bridgehead atoms. The van der Waals surface area contributed by atoms with Gasteiger partial charge in [-0.25, -0.2) is 0 Å². The standard InChI is InChI=1S/C6H6BrClN2O/c1-10-3-4(8)6(9-10)5(11)2-7/h3H,2H2,1H3. The van der Waals surface area contributed by atoms with Crippen molar-refractivity contribution in [2.45, 2.75) is 0 Å². The van der Waals surface area contributed by atoms with E-state index in [0.717, 1.165) is 0 Å². The topological polar surface area (TPSA) is 34.9 Å². The average Bonchev–Trinajstić information content (AvgIpc) is 2.28. The summed E-state index contributed by atoms with van der Waals surface area (Å²) in [5.74, 6) is -0.101. The lowest BCUT2D eigenvalue weighted by Crippen LogP contribution is -2.02. The van der Waals surface area contributed by atoms with E-state index in [0.29, 0.717) is 10.7 Å². The zero-order chi connectivity index (χ0) is 8.43. The summed E-state index contributed by atoms with van der Waals surface area (Å²) in [6, 6.07) is 0. The Kier molecular flexibility index (Phi) is 2.67. The first-order valence-corrected chi connectivity index (χ1v) is 4.43. The van der Waals surface area contributed by atoms with E-state index in [4.69, 9.17) is 11.6 Å². The molecule has 0 aliphatic carbocycles. The molecule has 1 aromatic heterocycles. The van der Waals surface area contributed by atoms with Crippen LogP contribution in [0.1, 0.15) is 10.5 Å². The largest absolute Gasteiger partial charge is 0.291 e. The third-order valence-electron chi connectivity index (χ3n) is 1.17. The molecule has 0 aromatic carbocycles. The summed E-state index contributed by atoms with van der Waals surface area (Å²) in [7, 11) is 1.72. The summed E-state index contributed by atoms with van der Waals surface area (Å²) in [5, 5.41) is 4.54. The molecule has 3 nitrogen and oxygen atoms in total. The SMILES string of the molecule is Cn1cc(Cl)c(C(=O)CBr)n1. The van der Waals surface area contributed by atoms with Crippen molar-refractivity contribution in [2.75, 3.05) is 5.33 Å². The Bertz CT molecular complexity index is 284. The molecular formula is C6H6BrClN2O. The van der Waals surface area contributed by atoms with Gasteiger partial charge >= 0.3 is 0 Å². The fraction of sp³-hybridized carbons (Fsp3) is 0.333. The van der Waals surface area contributed by atoms with E-state index < -0.39 is 0 Å². The molecule has 1 aromatic rings. The molecule has 11 heavy (non-hydrogen) atoms. The number of aromatic nitrogens is 2. The highest BCUT2D eigenvalue weighted by Gasteiger charge is 2.12. The van der Waals surface area contributed by atoms with Crippen molar-refractivity contribution in [3.63, 3.8) is 0 Å². The molecule has 1 heterocycles. The Morgan fingerprint density at radius 3 is 2.91 bits per heavy atom. The van der Waals surface area contributed by atoms with Crippen LogP contribution in [0.25, 0.3) is 0 Å². The molecule has 0 aliphatic rings. The van der Waals surface area contributed by atoms with E-state index in [1.54, 1.807) is 13.2 Å². The summed E-state index contributed by atoms with van der Waals surface area (Å²) in [6.07, 6.45) is 1.59. The number of ketones is 1. The van der Waals surface area contributed by atoms with Crippen LogP contribution in [0.3, 0.4) is 0 Å². The van der Waals surface area contributed by atoms with Gasteiger partial charge in [0.1, 0.15) is 5.69 Å². The van der Waals surface area contributed by atoms with Gasteiger partial charge in [-0.2, -0.15) is 5.10 Å². The third-order valence-corrected chi connectivity index (χ3v) is 1.96. The molecular weight excluding hydrogens is 231 g/mol. The molecule has 1 rings (SSSR count). The first-order valence-electron chi connectivity index (χ1n) is 2.93. The first-order chi connectivity index (χ1) is 5.15. The number of aryl methyl sites for hydroxylation is 1. The summed E-state index contributed by atoms with van der Waals surface area (Å²) >= 11 is 8.73. The number of hydrogen-bond acceptors (Lipinski definition) is 2. The van der Waals surface area contributed by atoms with Crippen molar-refractivity contribution < 1.29 is 4.79 Å². The number of Topliss-reactive ketones (excluding diaryl/α,β-unsaturated/α-hetero) is 1. The minimum atomic E-state index is -0.101. The molecule has 0 spiro atoms. The molecule has 60 valence electrons. The van der Waals surface area contributed by atoms with E-state index in [9.17, 15) is 4.79 Å². The number of carbonyl (C=O) groups is 1. The van der Waals surface area contributed by atoms with Crippen molar-refractivity contribution >= 4 is 33.3 Å². The average molecular weight is 237 g/mol. The highest BCUT2D eigenvalue weighted by atomic mass is 79.9. The van der Waals surface area contributed by atoms with Gasteiger partial charge < -0.3 is 0 Å². The minimum Gasteiger partial charge on any atom is -0.291 e. The molecule has 0 saturated heterocycles. The van der Waals surface area contributed by atoms with Crippen molar-refractivity contribution in [2.24, 2.45) is 7.05 Å². The second-order valence-corrected chi connectivity index (χ2v) is 3.02. The molecule has 0 atom stereocenters. The van der Waals surface area contributed by atoms with Crippen molar-refractivity contribution in [1.29, 1.82) is 0 Å². The number of alkyl halides is 1. The number of nitrogens with zero attached hydrogens (tertiary/aromatic N) is 2. The van der Waals surface area contributed by atoms with Crippen LogP contribution < -0.4 is 0 Å². The smallest absolute Gasteiger partial charge is 0.195 e. The predicted molar refractivity (Wildman–Crippen MR) is 46.3 cm³/mol. The second kappa shape index (κ2) is 3.36. The number of halogens is 2. The molecule has 0 fully saturated rings. The minimum absolute atomic E-state index is 0.101. The van der Waals surface area contributed by atoms with Crippen molar-refractivity contribution in [3.05, 3.63) is 16.9 Å². The lowest BCUT2D eigenvalue weighted by Gasteiger charge is -1.88. The first kappa shape index (κ1) is 8.74. The van der Waals surface area contributed by atoms with Crippen LogP contribution in [-0.4, -0.2) is 20.9 Å². The van der Waals surface area contributed by atoms with Gasteiger partial charge in [0.25, 0.3) is 0 Å². The van der Waals surface area contributed by atoms with Crippen LogP contribution in [0.4, 0.5) is 0 Å². The summed E-state index contributed by atoms with van der Waals surface area (Å²) in [4.78, 5) is 11.0. The third kappa shape index (κ3) is 1.81. The number of carbonyl (C=O) groups excluding carboxylic acids is 1. The van der Waals surface area contributed by atoms with Gasteiger partial charge in [-0.05, 0) is 0 Å². The van der Waals surface area contributed by atoms with Crippen LogP contribution in [0.2, 0.25) is 5.02 Å². The van der Waals surface area contributed by atoms with Crippen LogP contribution in [0.15, 0.2) is 6.20 Å². The van der Waals surface area contributed by atoms with E-state index in [1.807, 2.05) is 0 Å². The summed E-state index contributed by atoms with van der Waals surface area (Å²) in [6.45, 7) is 0. The molecule has 0 amide bonds. The molecule has 0 saturated carbocycles. The lowest BCUT2D eigenvalue weighted by molar-refractivity contribution is 0.101. The summed E-state index contributed by atoms with van der Waals surface area (Å²) < 4.78 is 1.51. The normalized spacial score (nSPS) is 10.1. The molecule has 0 aliphatic heterocycles. The highest BCUT2D eigenvalue weighted by molar-refractivity contribution is 9.09. The van der Waals surface area contributed by atoms with Gasteiger partial charge in [0.05, 0.1) is 10.4 Å². The van der Waals surface area contributed by atoms with E-state index in [2.05, 4.69) is 21.0 Å². The Hall–Kier alpha value is -0.350. The molecule has 5 heteroatoms. The van der Waals surface area contributed by atoms with E-state index in [1.165, 1.54) is 4.68 Å². The molecule has 0 radical (unpaired) electrons. The van der Waals surface area contributed by atoms with E-state index in [-0.39, 0.29) is 11.1 Å². The maximum atomic E-state index is 11.0. The quantitative estimate of drug-likeness (QED) is 0.579. The zero-order valence-corrected chi connectivity index (χ0v) is 8.18. The Balaban J connectivity index is 3.03. The molecule has 0 N–H and O–H groups in total. The second-order valence-electron chi connectivity index (χ2n) is 2.06. The zero-order valence-electron chi connectivity index (χ0n) is 5.84. The van der Waals surface area contributed by atoms with E-state index >= 15 is 0 Å². The lowest BCUT2D eigenvalue weighted by atomic mass is 10.3. The number of hydrogen-bond donors (Lipinski definition) is 0. The monoisotopic (exact) mass is 236 g/mol. The molecule has 0 unspecified atom stereocenters. The van der Waals surface area contributed by atoms with Crippen molar-refractivity contribution in [3.8, 4) is 0 Å². The fourth-order valence-corrected chi connectivity index (χ4v) is 1.26. The van der Waals surface area contributed by atoms with Gasteiger partial charge in [0, 0.05) is 13.2 Å². The Morgan fingerprint density at radius 2 is 2.55 bits per heavy atom. The van der Waals surface area contributed by atoms with Gasteiger partial charge in [-0.1, -0.05) is 27.5 Å². The Morgan fingerprint density at radius 1 is 1.91 bits per heavy atom. The summed E-state index contributed by atoms with van der Waals surface area (Å²) in [5.41, 5.74) is 0.325. The van der Waals surface area contributed by atoms with Gasteiger partial charge in [-0.3, -0.25) is 9.48 Å². The maximum Gasteiger partial charge on any atom is 0.195 e. The van der Waals surface area contributed by atoms with Gasteiger partial charge in [0.2, 0.25) is 0 Å². The van der Waals surface area contributed by atoms with Crippen LogP contribution >= 0.6 is 27.5 Å². The van der Waals surface area contributed by atoms with Gasteiger partial charge in [0.15, 0.2) is 5.78 Å². The number of rotatable bonds is 2. The maximum absolute atomic E-state index is 11.0. The predicted octanol–water partition coefficient (Wildman–Crippen LogP) is 1.65.